The monoisotopic (exact) mass is 440 g/mol. The Kier molecular flexibility index (Phi) is 5.89. The van der Waals surface area contributed by atoms with Crippen molar-refractivity contribution in [2.75, 3.05) is 6.61 Å². The van der Waals surface area contributed by atoms with Crippen molar-refractivity contribution in [3.63, 3.8) is 0 Å². The molecule has 0 radical (unpaired) electrons. The third-order valence-electron chi connectivity index (χ3n) is 6.33. The number of nitriles is 1. The summed E-state index contributed by atoms with van der Waals surface area (Å²) in [6, 6.07) is 23.5. The number of carboxylic acids is 1. The van der Waals surface area contributed by atoms with Crippen molar-refractivity contribution < 1.29 is 19.4 Å². The summed E-state index contributed by atoms with van der Waals surface area (Å²) in [5, 5.41) is 21.4. The van der Waals surface area contributed by atoms with Gasteiger partial charge in [0.05, 0.1) is 11.6 Å². The molecule has 2 N–H and O–H groups in total. The average molecular weight is 440 g/mol. The van der Waals surface area contributed by atoms with Gasteiger partial charge in [0.15, 0.2) is 0 Å². The van der Waals surface area contributed by atoms with Gasteiger partial charge in [-0.3, -0.25) is 0 Å². The Hall–Kier alpha value is -4.11. The summed E-state index contributed by atoms with van der Waals surface area (Å²) in [5.41, 5.74) is 4.63. The molecule has 3 aromatic rings. The van der Waals surface area contributed by atoms with E-state index in [0.717, 1.165) is 22.3 Å². The van der Waals surface area contributed by atoms with Gasteiger partial charge in [-0.2, -0.15) is 5.26 Å². The molecule has 3 aromatic carbocycles. The van der Waals surface area contributed by atoms with Crippen molar-refractivity contribution in [3.05, 3.63) is 95.1 Å². The molecule has 33 heavy (non-hydrogen) atoms. The number of benzene rings is 3. The number of ether oxygens (including phenoxy) is 1. The Morgan fingerprint density at radius 2 is 1.55 bits per heavy atom. The van der Waals surface area contributed by atoms with Crippen LogP contribution in [0.2, 0.25) is 0 Å². The fourth-order valence-electron chi connectivity index (χ4n) is 4.45. The number of nitrogens with one attached hydrogen (secondary N) is 1. The molecular weight excluding hydrogens is 416 g/mol. The number of carbonyl (C=O) groups is 2. The van der Waals surface area contributed by atoms with Crippen molar-refractivity contribution in [3.8, 4) is 17.2 Å². The molecule has 1 aliphatic carbocycles. The predicted octanol–water partition coefficient (Wildman–Crippen LogP) is 4.83. The molecule has 0 aliphatic heterocycles. The lowest BCUT2D eigenvalue weighted by molar-refractivity contribution is -0.141. The third kappa shape index (κ3) is 4.18. The van der Waals surface area contributed by atoms with Crippen LogP contribution in [0.1, 0.15) is 42.0 Å². The highest BCUT2D eigenvalue weighted by molar-refractivity contribution is 5.82. The van der Waals surface area contributed by atoms with Crippen molar-refractivity contribution >= 4 is 12.1 Å². The zero-order valence-corrected chi connectivity index (χ0v) is 18.4. The smallest absolute Gasteiger partial charge is 0.407 e. The molecule has 166 valence electrons. The number of hydrogen-bond donors (Lipinski definition) is 2. The van der Waals surface area contributed by atoms with Gasteiger partial charge in [-0.15, -0.1) is 0 Å². The third-order valence-corrected chi connectivity index (χ3v) is 6.33. The highest BCUT2D eigenvalue weighted by atomic mass is 16.5. The molecule has 0 bridgehead atoms. The van der Waals surface area contributed by atoms with Crippen LogP contribution < -0.4 is 5.32 Å². The Bertz CT molecular complexity index is 1200. The molecular formula is C27H24N2O4. The number of hydrogen-bond acceptors (Lipinski definition) is 4. The Morgan fingerprint density at radius 1 is 1.00 bits per heavy atom. The molecule has 0 fully saturated rings. The van der Waals surface area contributed by atoms with Crippen molar-refractivity contribution in [2.24, 2.45) is 0 Å². The number of carbonyl (C=O) groups excluding carboxylic acids is 1. The first-order valence-corrected chi connectivity index (χ1v) is 10.7. The van der Waals surface area contributed by atoms with Crippen LogP contribution in [-0.2, 0) is 14.9 Å². The molecule has 0 spiro atoms. The lowest BCUT2D eigenvalue weighted by Gasteiger charge is -2.32. The fraction of sp³-hybridized carbons (Fsp3) is 0.222. The van der Waals surface area contributed by atoms with Crippen molar-refractivity contribution in [2.45, 2.75) is 31.2 Å². The number of fused-ring (bicyclic) bond motifs is 3. The largest absolute Gasteiger partial charge is 0.480 e. The average Bonchev–Trinajstić information content (AvgIpc) is 3.14. The second kappa shape index (κ2) is 8.79. The van der Waals surface area contributed by atoms with Crippen LogP contribution in [0.3, 0.4) is 0 Å². The second-order valence-corrected chi connectivity index (χ2v) is 8.65. The Balaban J connectivity index is 1.49. The molecule has 4 rings (SSSR count). The van der Waals surface area contributed by atoms with E-state index in [4.69, 9.17) is 10.00 Å². The van der Waals surface area contributed by atoms with E-state index in [2.05, 4.69) is 17.4 Å². The first kappa shape index (κ1) is 22.1. The summed E-state index contributed by atoms with van der Waals surface area (Å²) in [6.07, 6.45) is -0.786. The molecule has 0 heterocycles. The van der Waals surface area contributed by atoms with Gasteiger partial charge in [-0.05, 0) is 39.9 Å². The van der Waals surface area contributed by atoms with E-state index in [1.165, 1.54) is 0 Å². The lowest BCUT2D eigenvalue weighted by atomic mass is 9.77. The zero-order chi connectivity index (χ0) is 23.6. The lowest BCUT2D eigenvalue weighted by Crippen LogP contribution is -2.52. The van der Waals surface area contributed by atoms with Gasteiger partial charge in [-0.1, -0.05) is 74.5 Å². The normalized spacial score (nSPS) is 13.4. The molecule has 6 nitrogen and oxygen atoms in total. The van der Waals surface area contributed by atoms with Crippen LogP contribution >= 0.6 is 0 Å². The van der Waals surface area contributed by atoms with Gasteiger partial charge in [-0.25, -0.2) is 9.59 Å². The van der Waals surface area contributed by atoms with Gasteiger partial charge >= 0.3 is 12.1 Å². The summed E-state index contributed by atoms with van der Waals surface area (Å²) >= 11 is 0. The van der Waals surface area contributed by atoms with Crippen LogP contribution in [0.5, 0.6) is 0 Å². The van der Waals surface area contributed by atoms with E-state index >= 15 is 0 Å². The van der Waals surface area contributed by atoms with E-state index in [1.807, 2.05) is 42.5 Å². The van der Waals surface area contributed by atoms with Gasteiger partial charge in [0.1, 0.15) is 12.6 Å². The molecule has 6 heteroatoms. The van der Waals surface area contributed by atoms with Crippen molar-refractivity contribution in [1.29, 1.82) is 5.26 Å². The number of nitrogens with zero attached hydrogens (tertiary/aromatic N) is 1. The predicted molar refractivity (Wildman–Crippen MR) is 124 cm³/mol. The maximum atomic E-state index is 12.7. The topological polar surface area (TPSA) is 99.4 Å². The molecule has 0 saturated heterocycles. The summed E-state index contributed by atoms with van der Waals surface area (Å²) in [7, 11) is 0. The number of rotatable bonds is 6. The van der Waals surface area contributed by atoms with Crippen LogP contribution in [-0.4, -0.2) is 29.8 Å². The molecule has 1 unspecified atom stereocenters. The second-order valence-electron chi connectivity index (χ2n) is 8.65. The minimum absolute atomic E-state index is 0.101. The summed E-state index contributed by atoms with van der Waals surface area (Å²) < 4.78 is 5.53. The first-order chi connectivity index (χ1) is 15.8. The molecule has 1 amide bonds. The summed E-state index contributed by atoms with van der Waals surface area (Å²) in [5.74, 6) is -1.28. The molecule has 0 aromatic heterocycles. The molecule has 1 aliphatic rings. The van der Waals surface area contributed by atoms with Gasteiger partial charge in [0, 0.05) is 11.3 Å². The number of alkyl carbamates (subject to hydrolysis) is 1. The van der Waals surface area contributed by atoms with Crippen molar-refractivity contribution in [1.82, 2.24) is 5.32 Å². The Morgan fingerprint density at radius 3 is 2.06 bits per heavy atom. The van der Waals surface area contributed by atoms with E-state index in [1.54, 1.807) is 38.1 Å². The van der Waals surface area contributed by atoms with E-state index in [-0.39, 0.29) is 12.5 Å². The van der Waals surface area contributed by atoms with Gasteiger partial charge < -0.3 is 15.2 Å². The molecule has 1 atom stereocenters. The van der Waals surface area contributed by atoms with Gasteiger partial charge in [0.25, 0.3) is 0 Å². The highest BCUT2D eigenvalue weighted by Crippen LogP contribution is 2.44. The van der Waals surface area contributed by atoms with E-state index < -0.39 is 23.5 Å². The number of amides is 1. The molecule has 0 saturated carbocycles. The summed E-state index contributed by atoms with van der Waals surface area (Å²) in [6.45, 7) is 3.57. The zero-order valence-electron chi connectivity index (χ0n) is 18.4. The van der Waals surface area contributed by atoms with Gasteiger partial charge in [0.2, 0.25) is 0 Å². The van der Waals surface area contributed by atoms with Crippen LogP contribution in [0.15, 0.2) is 72.8 Å². The van der Waals surface area contributed by atoms with Crippen LogP contribution in [0.4, 0.5) is 4.79 Å². The maximum absolute atomic E-state index is 12.7. The highest BCUT2D eigenvalue weighted by Gasteiger charge is 2.39. The minimum Gasteiger partial charge on any atom is -0.480 e. The summed E-state index contributed by atoms with van der Waals surface area (Å²) in [4.78, 5) is 24.7. The first-order valence-electron chi connectivity index (χ1n) is 10.7. The van der Waals surface area contributed by atoms with Crippen LogP contribution in [0.25, 0.3) is 11.1 Å². The fourth-order valence-corrected chi connectivity index (χ4v) is 4.45. The number of carboxylic acid groups (broad SMARTS) is 1. The van der Waals surface area contributed by atoms with Crippen LogP contribution in [0, 0.1) is 11.3 Å². The maximum Gasteiger partial charge on any atom is 0.407 e. The Labute approximate surface area is 192 Å². The quantitative estimate of drug-likeness (QED) is 0.572. The number of aliphatic carboxylic acids is 1. The van der Waals surface area contributed by atoms with E-state index in [9.17, 15) is 14.7 Å². The van der Waals surface area contributed by atoms with E-state index in [0.29, 0.717) is 11.1 Å². The SMILES string of the molecule is CC(C)(c1ccc(C#N)cc1)C(NC(=O)OCC1c2ccccc2-c2ccccc21)C(=O)O. The minimum atomic E-state index is -1.22. The standard InChI is InChI=1S/C27H24N2O4/c1-27(2,18-13-11-17(15-28)12-14-18)24(25(30)31)29-26(32)33-16-23-21-9-5-3-7-19(21)20-8-4-6-10-22(20)23/h3-14,23-24H,16H2,1-2H3,(H,29,32)(H,30,31).